The van der Waals surface area contributed by atoms with Crippen molar-refractivity contribution in [3.63, 3.8) is 0 Å². The number of nitrogens with zero attached hydrogens (tertiary/aromatic N) is 7. The highest BCUT2D eigenvalue weighted by Crippen LogP contribution is 2.26. The molecule has 0 amide bonds. The number of hydrogen-bond donors (Lipinski definition) is 0. The number of fused-ring (bicyclic) bond motifs is 2. The summed E-state index contributed by atoms with van der Waals surface area (Å²) in [5.41, 5.74) is 5.58. The van der Waals surface area contributed by atoms with Gasteiger partial charge in [-0.15, -0.1) is 0 Å². The second-order valence-electron chi connectivity index (χ2n) is 8.14. The number of anilines is 1. The smallest absolute Gasteiger partial charge is 0.267 e. The van der Waals surface area contributed by atoms with Crippen LogP contribution in [0.2, 0.25) is 0 Å². The minimum atomic E-state index is 0.0340. The van der Waals surface area contributed by atoms with Crippen molar-refractivity contribution in [2.24, 2.45) is 7.05 Å². The highest BCUT2D eigenvalue weighted by molar-refractivity contribution is 5.87. The molecule has 0 unspecified atom stereocenters. The first-order chi connectivity index (χ1) is 14.1. The molecule has 0 aromatic carbocycles. The molecule has 8 heteroatoms. The van der Waals surface area contributed by atoms with Gasteiger partial charge in [0.25, 0.3) is 5.56 Å². The lowest BCUT2D eigenvalue weighted by Gasteiger charge is -2.35. The number of aromatic nitrogens is 5. The Bertz CT molecular complexity index is 1110. The monoisotopic (exact) mass is 393 g/mol. The molecule has 4 heterocycles. The van der Waals surface area contributed by atoms with Crippen molar-refractivity contribution < 1.29 is 0 Å². The van der Waals surface area contributed by atoms with Crippen LogP contribution in [0.15, 0.2) is 23.3 Å². The minimum Gasteiger partial charge on any atom is -0.352 e. The summed E-state index contributed by atoms with van der Waals surface area (Å²) in [6.07, 6.45) is 4.78. The van der Waals surface area contributed by atoms with Gasteiger partial charge in [0, 0.05) is 51.5 Å². The van der Waals surface area contributed by atoms with Gasteiger partial charge in [-0.05, 0) is 37.8 Å². The molecular weight excluding hydrogens is 366 g/mol. The van der Waals surface area contributed by atoms with Crippen molar-refractivity contribution in [2.75, 3.05) is 37.6 Å². The Balaban J connectivity index is 1.24. The maximum absolute atomic E-state index is 12.3. The maximum Gasteiger partial charge on any atom is 0.267 e. The summed E-state index contributed by atoms with van der Waals surface area (Å²) in [6.45, 7) is 7.34. The van der Waals surface area contributed by atoms with Crippen molar-refractivity contribution in [3.05, 3.63) is 45.8 Å². The predicted molar refractivity (Wildman–Crippen MR) is 112 cm³/mol. The van der Waals surface area contributed by atoms with Crippen LogP contribution in [0.3, 0.4) is 0 Å². The minimum absolute atomic E-state index is 0.0340. The average molecular weight is 393 g/mol. The fraction of sp³-hybridized carbons (Fsp3) is 0.524. The third kappa shape index (κ3) is 3.31. The molecule has 5 rings (SSSR count). The van der Waals surface area contributed by atoms with E-state index in [2.05, 4.69) is 49.5 Å². The van der Waals surface area contributed by atoms with Crippen LogP contribution in [0, 0.1) is 6.92 Å². The van der Waals surface area contributed by atoms with Gasteiger partial charge in [0.2, 0.25) is 0 Å². The van der Waals surface area contributed by atoms with E-state index in [-0.39, 0.29) is 5.56 Å². The van der Waals surface area contributed by atoms with Crippen LogP contribution in [0.25, 0.3) is 11.0 Å². The third-order valence-electron chi connectivity index (χ3n) is 6.37. The molecule has 0 radical (unpaired) electrons. The van der Waals surface area contributed by atoms with Crippen LogP contribution in [0.5, 0.6) is 0 Å². The number of rotatable bonds is 4. The van der Waals surface area contributed by atoms with Crippen LogP contribution in [-0.4, -0.2) is 61.9 Å². The van der Waals surface area contributed by atoms with E-state index in [0.717, 1.165) is 80.1 Å². The van der Waals surface area contributed by atoms with Gasteiger partial charge in [0.15, 0.2) is 5.82 Å². The topological polar surface area (TPSA) is 72.1 Å². The second kappa shape index (κ2) is 7.26. The molecule has 1 aliphatic heterocycles. The fourth-order valence-electron chi connectivity index (χ4n) is 4.53. The van der Waals surface area contributed by atoms with Gasteiger partial charge in [-0.1, -0.05) is 0 Å². The molecule has 1 fully saturated rings. The van der Waals surface area contributed by atoms with E-state index < -0.39 is 0 Å². The zero-order valence-corrected chi connectivity index (χ0v) is 17.1. The Morgan fingerprint density at radius 1 is 1.03 bits per heavy atom. The van der Waals surface area contributed by atoms with Gasteiger partial charge >= 0.3 is 0 Å². The molecule has 3 aromatic rings. The van der Waals surface area contributed by atoms with Crippen molar-refractivity contribution in [1.82, 2.24) is 29.2 Å². The van der Waals surface area contributed by atoms with E-state index in [0.29, 0.717) is 6.54 Å². The Morgan fingerprint density at radius 3 is 2.69 bits per heavy atom. The summed E-state index contributed by atoms with van der Waals surface area (Å²) < 4.78 is 3.82. The molecule has 1 aliphatic carbocycles. The fourth-order valence-corrected chi connectivity index (χ4v) is 4.53. The summed E-state index contributed by atoms with van der Waals surface area (Å²) in [5, 5.41) is 4.59. The summed E-state index contributed by atoms with van der Waals surface area (Å²) >= 11 is 0. The lowest BCUT2D eigenvalue weighted by atomic mass is 10.2. The number of hydrogen-bond acceptors (Lipinski definition) is 6. The van der Waals surface area contributed by atoms with Gasteiger partial charge in [-0.3, -0.25) is 9.69 Å². The molecular formula is C21H27N7O. The highest BCUT2D eigenvalue weighted by atomic mass is 16.1. The van der Waals surface area contributed by atoms with Crippen LogP contribution >= 0.6 is 0 Å². The number of piperazine rings is 1. The summed E-state index contributed by atoms with van der Waals surface area (Å²) in [7, 11) is 2.07. The molecule has 1 saturated heterocycles. The summed E-state index contributed by atoms with van der Waals surface area (Å²) in [6, 6.07) is 3.90. The van der Waals surface area contributed by atoms with E-state index in [4.69, 9.17) is 0 Å². The normalized spacial score (nSPS) is 17.2. The standard InChI is InChI=1S/C21H27N7O/c1-15-12-18-20(25(15)2)21(23-14-22-18)27-9-6-26(7-10-27)8-11-28-19(29)13-16-4-3-5-17(16)24-28/h12-14H,3-11H2,1-2H3. The molecule has 152 valence electrons. The lowest BCUT2D eigenvalue weighted by Crippen LogP contribution is -2.48. The van der Waals surface area contributed by atoms with Crippen molar-refractivity contribution >= 4 is 16.9 Å². The van der Waals surface area contributed by atoms with E-state index >= 15 is 0 Å². The quantitative estimate of drug-likeness (QED) is 0.662. The molecule has 8 nitrogen and oxygen atoms in total. The van der Waals surface area contributed by atoms with Crippen LogP contribution < -0.4 is 10.5 Å². The van der Waals surface area contributed by atoms with E-state index in [1.807, 2.05) is 0 Å². The van der Waals surface area contributed by atoms with Crippen LogP contribution in [0.4, 0.5) is 5.82 Å². The Morgan fingerprint density at radius 2 is 1.86 bits per heavy atom. The van der Waals surface area contributed by atoms with Crippen molar-refractivity contribution in [3.8, 4) is 0 Å². The van der Waals surface area contributed by atoms with Gasteiger partial charge in [-0.25, -0.2) is 14.6 Å². The van der Waals surface area contributed by atoms with Crippen LogP contribution in [0.1, 0.15) is 23.4 Å². The van der Waals surface area contributed by atoms with Gasteiger partial charge in [0.05, 0.1) is 17.8 Å². The Kier molecular flexibility index (Phi) is 4.58. The van der Waals surface area contributed by atoms with Crippen molar-refractivity contribution in [1.29, 1.82) is 0 Å². The maximum atomic E-state index is 12.3. The van der Waals surface area contributed by atoms with E-state index in [1.54, 1.807) is 17.1 Å². The first kappa shape index (κ1) is 18.3. The van der Waals surface area contributed by atoms with Crippen LogP contribution in [-0.2, 0) is 26.4 Å². The van der Waals surface area contributed by atoms with Crippen molar-refractivity contribution in [2.45, 2.75) is 32.7 Å². The third-order valence-corrected chi connectivity index (χ3v) is 6.37. The Hall–Kier alpha value is -2.74. The molecule has 0 atom stereocenters. The zero-order valence-electron chi connectivity index (χ0n) is 17.1. The molecule has 2 aliphatic rings. The second-order valence-corrected chi connectivity index (χ2v) is 8.14. The van der Waals surface area contributed by atoms with E-state index in [1.165, 1.54) is 5.69 Å². The average Bonchev–Trinajstić information content (AvgIpc) is 3.30. The van der Waals surface area contributed by atoms with E-state index in [9.17, 15) is 4.79 Å². The molecule has 0 bridgehead atoms. The van der Waals surface area contributed by atoms with Gasteiger partial charge in [0.1, 0.15) is 11.8 Å². The van der Waals surface area contributed by atoms with Gasteiger partial charge < -0.3 is 9.47 Å². The lowest BCUT2D eigenvalue weighted by molar-refractivity contribution is 0.242. The molecule has 0 saturated carbocycles. The SMILES string of the molecule is Cc1cc2ncnc(N3CCN(CCn4nc5c(cc4=O)CCC5)CC3)c2n1C. The summed E-state index contributed by atoms with van der Waals surface area (Å²) in [4.78, 5) is 26.1. The first-order valence-corrected chi connectivity index (χ1v) is 10.4. The number of aryl methyl sites for hydroxylation is 4. The highest BCUT2D eigenvalue weighted by Gasteiger charge is 2.22. The summed E-state index contributed by atoms with van der Waals surface area (Å²) in [5.74, 6) is 1.02. The zero-order chi connectivity index (χ0) is 20.0. The Labute approximate surface area is 169 Å². The molecule has 29 heavy (non-hydrogen) atoms. The largest absolute Gasteiger partial charge is 0.352 e. The molecule has 3 aromatic heterocycles. The van der Waals surface area contributed by atoms with Gasteiger partial charge in [-0.2, -0.15) is 5.10 Å². The first-order valence-electron chi connectivity index (χ1n) is 10.4. The molecule has 0 N–H and O–H groups in total. The predicted octanol–water partition coefficient (Wildman–Crippen LogP) is 1.14. The molecule has 0 spiro atoms.